The molecule has 2 aromatic carbocycles. The molecule has 2 aromatic rings. The minimum atomic E-state index is -1.89. The number of hydrogen-bond acceptors (Lipinski definition) is 12. The van der Waals surface area contributed by atoms with Crippen molar-refractivity contribution in [3.8, 4) is 5.75 Å². The summed E-state index contributed by atoms with van der Waals surface area (Å²) in [6, 6.07) is 11.0. The molecule has 0 aliphatic carbocycles. The fourth-order valence-corrected chi connectivity index (χ4v) is 4.90. The molecule has 0 saturated carbocycles. The number of esters is 4. The number of nitrogens with one attached hydrogen (secondary N) is 1. The third-order valence-corrected chi connectivity index (χ3v) is 8.27. The number of phenolic OH excluding ortho intramolecular Hbond substituents is 1. The normalized spacial score (nSPS) is 24.7. The monoisotopic (exact) mass is 668 g/mol. The maximum atomic E-state index is 14.0. The quantitative estimate of drug-likeness (QED) is 0.128. The van der Waals surface area contributed by atoms with E-state index in [9.17, 15) is 33.9 Å². The van der Waals surface area contributed by atoms with E-state index in [2.05, 4.69) is 5.32 Å². The van der Waals surface area contributed by atoms with Gasteiger partial charge in [0.05, 0.1) is 11.3 Å². The first kappa shape index (κ1) is 37.5. The number of rotatable bonds is 7. The molecule has 13 heteroatoms. The van der Waals surface area contributed by atoms with Gasteiger partial charge in [0.2, 0.25) is 12.2 Å². The van der Waals surface area contributed by atoms with Gasteiger partial charge in [0.25, 0.3) is 5.91 Å². The molecule has 1 aliphatic rings. The molecule has 4 N–H and O–H groups in total. The van der Waals surface area contributed by atoms with Crippen LogP contribution in [0.15, 0.2) is 48.5 Å². The van der Waals surface area contributed by atoms with E-state index in [4.69, 9.17) is 24.7 Å². The number of anilines is 1. The van der Waals surface area contributed by atoms with Crippen LogP contribution < -0.4 is 11.1 Å². The van der Waals surface area contributed by atoms with Crippen molar-refractivity contribution in [1.82, 2.24) is 5.32 Å². The Morgan fingerprint density at radius 1 is 0.875 bits per heavy atom. The number of amides is 1. The molecule has 13 nitrogen and oxygen atoms in total. The smallest absolute Gasteiger partial charge is 0.348 e. The third kappa shape index (κ3) is 8.69. The molecule has 1 saturated heterocycles. The van der Waals surface area contributed by atoms with Gasteiger partial charge in [-0.05, 0) is 44.9 Å². The molecule has 260 valence electrons. The van der Waals surface area contributed by atoms with Crippen LogP contribution in [0, 0.1) is 17.3 Å². The highest BCUT2D eigenvalue weighted by molar-refractivity contribution is 6.06. The number of nitrogen functional groups attached to an aromatic ring is 1. The highest BCUT2D eigenvalue weighted by Gasteiger charge is 2.47. The van der Waals surface area contributed by atoms with Gasteiger partial charge in [0.1, 0.15) is 11.5 Å². The summed E-state index contributed by atoms with van der Waals surface area (Å²) in [5.74, 6) is -7.96. The number of carbonyl (C=O) groups excluding carboxylic acids is 6. The van der Waals surface area contributed by atoms with Crippen molar-refractivity contribution in [2.24, 2.45) is 17.3 Å². The summed E-state index contributed by atoms with van der Waals surface area (Å²) in [7, 11) is 0. The van der Waals surface area contributed by atoms with Crippen molar-refractivity contribution in [2.75, 3.05) is 5.73 Å². The molecule has 1 amide bonds. The predicted octanol–water partition coefficient (Wildman–Crippen LogP) is 3.29. The lowest BCUT2D eigenvalue weighted by atomic mass is 9.83. The highest BCUT2D eigenvalue weighted by Crippen LogP contribution is 2.29. The standard InChI is InChI=1S/C35H44N2O11/c1-8-19(4)28-33(43)45-20(5)25(37-30(40)22-15-12-16-23(36)26(22)38)31(41)47-27(18(2)3)32(42)46-24(17-21-13-10-9-11-14-21)29(39)35(6,7)34(44)48-28/h9-16,18-20,24-25,27-28,38H,8,17,36H2,1-7H3,(H,37,40). The van der Waals surface area contributed by atoms with Gasteiger partial charge in [-0.1, -0.05) is 64.1 Å². The van der Waals surface area contributed by atoms with Crippen LogP contribution in [0.5, 0.6) is 5.75 Å². The van der Waals surface area contributed by atoms with E-state index in [1.807, 2.05) is 0 Å². The molecule has 0 radical (unpaired) electrons. The maximum Gasteiger partial charge on any atom is 0.348 e. The lowest BCUT2D eigenvalue weighted by Crippen LogP contribution is -2.52. The predicted molar refractivity (Wildman–Crippen MR) is 172 cm³/mol. The average Bonchev–Trinajstić information content (AvgIpc) is 3.04. The van der Waals surface area contributed by atoms with Crippen molar-refractivity contribution < 1.29 is 52.8 Å². The van der Waals surface area contributed by atoms with E-state index in [0.717, 1.165) is 0 Å². The molecule has 3 rings (SSSR count). The summed E-state index contributed by atoms with van der Waals surface area (Å²) >= 11 is 0. The first-order chi connectivity index (χ1) is 22.5. The molecule has 0 aromatic heterocycles. The fraction of sp³-hybridized carbons (Fsp3) is 0.486. The number of hydrogen-bond donors (Lipinski definition) is 3. The van der Waals surface area contributed by atoms with Gasteiger partial charge in [0, 0.05) is 18.3 Å². The first-order valence-electron chi connectivity index (χ1n) is 15.8. The van der Waals surface area contributed by atoms with Crippen molar-refractivity contribution in [3.05, 3.63) is 59.7 Å². The zero-order chi connectivity index (χ0) is 35.9. The molecular weight excluding hydrogens is 624 g/mol. The van der Waals surface area contributed by atoms with Gasteiger partial charge in [0.15, 0.2) is 23.7 Å². The molecule has 6 atom stereocenters. The van der Waals surface area contributed by atoms with Gasteiger partial charge >= 0.3 is 23.9 Å². The summed E-state index contributed by atoms with van der Waals surface area (Å²) in [4.78, 5) is 81.8. The van der Waals surface area contributed by atoms with Crippen molar-refractivity contribution >= 4 is 41.3 Å². The van der Waals surface area contributed by atoms with Crippen LogP contribution in [0.25, 0.3) is 0 Å². The van der Waals surface area contributed by atoms with Crippen LogP contribution in [-0.4, -0.2) is 71.1 Å². The van der Waals surface area contributed by atoms with Crippen LogP contribution in [0.1, 0.15) is 70.8 Å². The third-order valence-electron chi connectivity index (χ3n) is 8.27. The van der Waals surface area contributed by atoms with E-state index in [0.29, 0.717) is 12.0 Å². The van der Waals surface area contributed by atoms with Gasteiger partial charge in [-0.25, -0.2) is 14.4 Å². The number of benzene rings is 2. The number of para-hydroxylation sites is 1. The Kier molecular flexibility index (Phi) is 12.3. The van der Waals surface area contributed by atoms with Crippen molar-refractivity contribution in [1.29, 1.82) is 0 Å². The minimum Gasteiger partial charge on any atom is -0.505 e. The molecule has 0 bridgehead atoms. The van der Waals surface area contributed by atoms with E-state index < -0.39 is 89.0 Å². The zero-order valence-electron chi connectivity index (χ0n) is 28.2. The number of aromatic hydroxyl groups is 1. The number of ketones is 1. The van der Waals surface area contributed by atoms with Crippen LogP contribution in [0.4, 0.5) is 5.69 Å². The SMILES string of the molecule is CCC(C)C1OC(=O)C(C)(C)C(=O)C(Cc2ccccc2)OC(=O)C(C(C)C)OC(=O)C(NC(=O)c2cccc(N)c2O)C(C)OC1=O. The Bertz CT molecular complexity index is 1520. The van der Waals surface area contributed by atoms with Crippen LogP contribution >= 0.6 is 0 Å². The Balaban J connectivity index is 2.12. The Morgan fingerprint density at radius 2 is 1.50 bits per heavy atom. The van der Waals surface area contributed by atoms with Crippen molar-refractivity contribution in [2.45, 2.75) is 91.8 Å². The Labute approximate surface area is 279 Å². The number of nitrogens with two attached hydrogens (primary N) is 1. The summed E-state index contributed by atoms with van der Waals surface area (Å²) in [5.41, 5.74) is 4.08. The topological polar surface area (TPSA) is 198 Å². The molecule has 48 heavy (non-hydrogen) atoms. The molecule has 6 unspecified atom stereocenters. The molecule has 1 heterocycles. The number of phenols is 1. The lowest BCUT2D eigenvalue weighted by molar-refractivity contribution is -0.183. The molecule has 0 spiro atoms. The average molecular weight is 669 g/mol. The van der Waals surface area contributed by atoms with E-state index >= 15 is 0 Å². The lowest BCUT2D eigenvalue weighted by Gasteiger charge is -2.30. The van der Waals surface area contributed by atoms with Gasteiger partial charge in [-0.2, -0.15) is 0 Å². The summed E-state index contributed by atoms with van der Waals surface area (Å²) in [5, 5.41) is 12.8. The van der Waals surface area contributed by atoms with Crippen LogP contribution in [0.3, 0.4) is 0 Å². The number of cyclic esters (lactones) is 4. The summed E-state index contributed by atoms with van der Waals surface area (Å²) in [6.45, 7) is 10.4. The zero-order valence-corrected chi connectivity index (χ0v) is 28.2. The molecular formula is C35H44N2O11. The second-order valence-electron chi connectivity index (χ2n) is 12.8. The summed E-state index contributed by atoms with van der Waals surface area (Å²) in [6.07, 6.45) is -5.81. The number of Topliss-reactive ketones (excluding diaryl/α,β-unsaturated/α-hetero) is 1. The minimum absolute atomic E-state index is 0.102. The van der Waals surface area contributed by atoms with E-state index in [-0.39, 0.29) is 17.7 Å². The van der Waals surface area contributed by atoms with Crippen LogP contribution in [-0.2, 0) is 49.3 Å². The maximum absolute atomic E-state index is 14.0. The van der Waals surface area contributed by atoms with E-state index in [1.54, 1.807) is 58.0 Å². The largest absolute Gasteiger partial charge is 0.505 e. The Hall–Kier alpha value is -4.94. The second kappa shape index (κ2) is 15.8. The number of ether oxygens (including phenoxy) is 4. The highest BCUT2D eigenvalue weighted by atomic mass is 16.6. The van der Waals surface area contributed by atoms with Crippen LogP contribution in [0.2, 0.25) is 0 Å². The Morgan fingerprint density at radius 3 is 2.10 bits per heavy atom. The fourth-order valence-electron chi connectivity index (χ4n) is 4.90. The molecule has 1 fully saturated rings. The second-order valence-corrected chi connectivity index (χ2v) is 12.8. The van der Waals surface area contributed by atoms with Gasteiger partial charge < -0.3 is 35.1 Å². The number of carbonyl (C=O) groups is 6. The molecule has 1 aliphatic heterocycles. The van der Waals surface area contributed by atoms with Gasteiger partial charge in [-0.3, -0.25) is 14.4 Å². The van der Waals surface area contributed by atoms with Gasteiger partial charge in [-0.15, -0.1) is 0 Å². The summed E-state index contributed by atoms with van der Waals surface area (Å²) < 4.78 is 22.5. The van der Waals surface area contributed by atoms with E-state index in [1.165, 1.54) is 39.0 Å². The first-order valence-corrected chi connectivity index (χ1v) is 15.8. The van der Waals surface area contributed by atoms with Crippen molar-refractivity contribution in [3.63, 3.8) is 0 Å².